The fourth-order valence-corrected chi connectivity index (χ4v) is 5.33. The molecule has 1 aromatic heterocycles. The Morgan fingerprint density at radius 2 is 1.56 bits per heavy atom. The fourth-order valence-electron chi connectivity index (χ4n) is 3.59. The number of rotatable bonds is 9. The van der Waals surface area contributed by atoms with Gasteiger partial charge in [-0.2, -0.15) is 4.31 Å². The summed E-state index contributed by atoms with van der Waals surface area (Å²) in [4.78, 5) is 16.8. The Morgan fingerprint density at radius 1 is 0.806 bits per heavy atom. The summed E-state index contributed by atoms with van der Waals surface area (Å²) in [6.45, 7) is 0.224. The second kappa shape index (κ2) is 11.7. The van der Waals surface area contributed by atoms with Crippen molar-refractivity contribution >= 4 is 44.8 Å². The lowest BCUT2D eigenvalue weighted by Gasteiger charge is -2.22. The number of halogens is 2. The molecular formula is C27H23Cl2N3O3S. The fraction of sp³-hybridized carbons (Fsp3) is 0.111. The van der Waals surface area contributed by atoms with Crippen LogP contribution in [0.25, 0.3) is 0 Å². The first-order chi connectivity index (χ1) is 17.3. The summed E-state index contributed by atoms with van der Waals surface area (Å²) in [6.07, 6.45) is 1.82. The highest BCUT2D eigenvalue weighted by Gasteiger charge is 2.25. The maximum absolute atomic E-state index is 13.5. The molecule has 9 heteroatoms. The number of amides is 1. The topological polar surface area (TPSA) is 79.4 Å². The Bertz CT molecular complexity index is 1430. The molecule has 184 valence electrons. The van der Waals surface area contributed by atoms with E-state index in [4.69, 9.17) is 23.2 Å². The van der Waals surface area contributed by atoms with E-state index in [0.717, 1.165) is 11.1 Å². The van der Waals surface area contributed by atoms with Gasteiger partial charge < -0.3 is 5.32 Å². The van der Waals surface area contributed by atoms with Crippen LogP contribution in [0, 0.1) is 0 Å². The maximum Gasteiger partial charge on any atom is 0.243 e. The molecule has 0 unspecified atom stereocenters. The first kappa shape index (κ1) is 25.9. The highest BCUT2D eigenvalue weighted by atomic mass is 35.5. The monoisotopic (exact) mass is 539 g/mol. The Balaban J connectivity index is 1.49. The summed E-state index contributed by atoms with van der Waals surface area (Å²) in [7, 11) is -3.83. The molecule has 0 atom stereocenters. The predicted molar refractivity (Wildman–Crippen MR) is 142 cm³/mol. The zero-order chi connectivity index (χ0) is 25.5. The molecule has 1 N–H and O–H groups in total. The first-order valence-corrected chi connectivity index (χ1v) is 13.3. The summed E-state index contributed by atoms with van der Waals surface area (Å²) < 4.78 is 28.3. The van der Waals surface area contributed by atoms with Crippen LogP contribution in [0.5, 0.6) is 0 Å². The van der Waals surface area contributed by atoms with Crippen molar-refractivity contribution in [3.05, 3.63) is 124 Å². The van der Waals surface area contributed by atoms with Crippen molar-refractivity contribution in [1.29, 1.82) is 0 Å². The Labute approximate surface area is 220 Å². The van der Waals surface area contributed by atoms with Gasteiger partial charge in [-0.05, 0) is 71.8 Å². The molecule has 0 aliphatic carbocycles. The highest BCUT2D eigenvalue weighted by molar-refractivity contribution is 7.89. The SMILES string of the molecule is O=C(Cc1cccc(Cl)c1)Nc1ccc(CN(Cc2ccccn2)S(=O)(=O)c2ccc(Cl)cc2)cc1. The van der Waals surface area contributed by atoms with E-state index in [1.165, 1.54) is 16.4 Å². The van der Waals surface area contributed by atoms with Gasteiger partial charge in [-0.15, -0.1) is 0 Å². The van der Waals surface area contributed by atoms with E-state index in [9.17, 15) is 13.2 Å². The summed E-state index contributed by atoms with van der Waals surface area (Å²) in [5.74, 6) is -0.174. The third kappa shape index (κ3) is 6.92. The second-order valence-electron chi connectivity index (χ2n) is 8.10. The van der Waals surface area contributed by atoms with Crippen molar-refractivity contribution in [3.63, 3.8) is 0 Å². The number of carbonyl (C=O) groups excluding carboxylic acids is 1. The largest absolute Gasteiger partial charge is 0.326 e. The quantitative estimate of drug-likeness (QED) is 0.284. The standard InChI is InChI=1S/C27H23Cl2N3O3S/c28-22-9-13-26(14-10-22)36(34,35)32(19-25-6-1-2-15-30-25)18-20-7-11-24(12-8-20)31-27(33)17-21-4-3-5-23(29)16-21/h1-16H,17-19H2,(H,31,33). The number of hydrogen-bond donors (Lipinski definition) is 1. The molecule has 0 spiro atoms. The van der Waals surface area contributed by atoms with E-state index in [1.807, 2.05) is 12.1 Å². The Hall–Kier alpha value is -3.23. The number of benzene rings is 3. The molecular weight excluding hydrogens is 517 g/mol. The minimum Gasteiger partial charge on any atom is -0.326 e. The molecule has 0 fully saturated rings. The van der Waals surface area contributed by atoms with Gasteiger partial charge in [-0.1, -0.05) is 53.5 Å². The number of anilines is 1. The molecule has 0 radical (unpaired) electrons. The van der Waals surface area contributed by atoms with Crippen LogP contribution in [0.1, 0.15) is 16.8 Å². The second-order valence-corrected chi connectivity index (χ2v) is 10.9. The average Bonchev–Trinajstić information content (AvgIpc) is 2.85. The number of pyridine rings is 1. The average molecular weight is 540 g/mol. The van der Waals surface area contributed by atoms with E-state index in [-0.39, 0.29) is 30.3 Å². The first-order valence-electron chi connectivity index (χ1n) is 11.1. The molecule has 4 aromatic rings. The van der Waals surface area contributed by atoms with Crippen molar-refractivity contribution in [1.82, 2.24) is 9.29 Å². The van der Waals surface area contributed by atoms with Gasteiger partial charge >= 0.3 is 0 Å². The van der Waals surface area contributed by atoms with Crippen molar-refractivity contribution in [2.24, 2.45) is 0 Å². The van der Waals surface area contributed by atoms with E-state index in [0.29, 0.717) is 21.4 Å². The normalized spacial score (nSPS) is 11.4. The summed E-state index contributed by atoms with van der Waals surface area (Å²) in [5, 5.41) is 3.89. The predicted octanol–water partition coefficient (Wildman–Crippen LogP) is 5.96. The lowest BCUT2D eigenvalue weighted by molar-refractivity contribution is -0.115. The van der Waals surface area contributed by atoms with Crippen LogP contribution in [0.2, 0.25) is 10.0 Å². The van der Waals surface area contributed by atoms with Gasteiger partial charge in [0.15, 0.2) is 0 Å². The molecule has 0 aliphatic heterocycles. The van der Waals surface area contributed by atoms with Gasteiger partial charge in [0.25, 0.3) is 0 Å². The van der Waals surface area contributed by atoms with Gasteiger partial charge in [-0.3, -0.25) is 9.78 Å². The number of sulfonamides is 1. The number of nitrogens with one attached hydrogen (secondary N) is 1. The molecule has 0 saturated heterocycles. The number of carbonyl (C=O) groups is 1. The molecule has 3 aromatic carbocycles. The van der Waals surface area contributed by atoms with Crippen LogP contribution >= 0.6 is 23.2 Å². The third-order valence-electron chi connectivity index (χ3n) is 5.37. The maximum atomic E-state index is 13.5. The van der Waals surface area contributed by atoms with E-state index < -0.39 is 10.0 Å². The van der Waals surface area contributed by atoms with E-state index >= 15 is 0 Å². The van der Waals surface area contributed by atoms with Crippen molar-refractivity contribution in [2.45, 2.75) is 24.4 Å². The molecule has 4 rings (SSSR count). The summed E-state index contributed by atoms with van der Waals surface area (Å²) in [6, 6.07) is 25.7. The van der Waals surface area contributed by atoms with Gasteiger partial charge in [0.1, 0.15) is 0 Å². The van der Waals surface area contributed by atoms with E-state index in [1.54, 1.807) is 72.9 Å². The van der Waals surface area contributed by atoms with Crippen molar-refractivity contribution in [3.8, 4) is 0 Å². The van der Waals surface area contributed by atoms with E-state index in [2.05, 4.69) is 10.3 Å². The lowest BCUT2D eigenvalue weighted by atomic mass is 10.1. The highest BCUT2D eigenvalue weighted by Crippen LogP contribution is 2.23. The minimum absolute atomic E-state index is 0.101. The Kier molecular flexibility index (Phi) is 8.38. The van der Waals surface area contributed by atoms with Gasteiger partial charge in [0.2, 0.25) is 15.9 Å². The molecule has 0 saturated carbocycles. The van der Waals surface area contributed by atoms with Crippen LogP contribution in [0.4, 0.5) is 5.69 Å². The van der Waals surface area contributed by atoms with Crippen LogP contribution in [0.3, 0.4) is 0 Å². The van der Waals surface area contributed by atoms with Crippen LogP contribution in [-0.2, 0) is 34.3 Å². The van der Waals surface area contributed by atoms with Crippen molar-refractivity contribution < 1.29 is 13.2 Å². The van der Waals surface area contributed by atoms with Crippen molar-refractivity contribution in [2.75, 3.05) is 5.32 Å². The number of aromatic nitrogens is 1. The zero-order valence-electron chi connectivity index (χ0n) is 19.1. The smallest absolute Gasteiger partial charge is 0.243 e. The lowest BCUT2D eigenvalue weighted by Crippen LogP contribution is -2.30. The van der Waals surface area contributed by atoms with Gasteiger partial charge in [-0.25, -0.2) is 8.42 Å². The molecule has 1 amide bonds. The molecule has 6 nitrogen and oxygen atoms in total. The van der Waals surface area contributed by atoms with Gasteiger partial charge in [0.05, 0.1) is 23.6 Å². The molecule has 0 bridgehead atoms. The van der Waals surface area contributed by atoms with Crippen LogP contribution in [-0.4, -0.2) is 23.6 Å². The summed E-state index contributed by atoms with van der Waals surface area (Å²) in [5.41, 5.74) is 2.81. The van der Waals surface area contributed by atoms with Crippen LogP contribution in [0.15, 0.2) is 102 Å². The third-order valence-corrected chi connectivity index (χ3v) is 7.66. The summed E-state index contributed by atoms with van der Waals surface area (Å²) >= 11 is 11.9. The number of nitrogens with zero attached hydrogens (tertiary/aromatic N) is 2. The minimum atomic E-state index is -3.83. The zero-order valence-corrected chi connectivity index (χ0v) is 21.5. The molecule has 0 aliphatic rings. The molecule has 36 heavy (non-hydrogen) atoms. The van der Waals surface area contributed by atoms with Gasteiger partial charge in [0, 0.05) is 28.5 Å². The van der Waals surface area contributed by atoms with Crippen LogP contribution < -0.4 is 5.32 Å². The Morgan fingerprint density at radius 3 is 2.22 bits per heavy atom. The number of hydrogen-bond acceptors (Lipinski definition) is 4. The molecule has 1 heterocycles.